The van der Waals surface area contributed by atoms with E-state index in [4.69, 9.17) is 5.73 Å². The van der Waals surface area contributed by atoms with Gasteiger partial charge in [-0.05, 0) is 17.9 Å². The first-order valence-electron chi connectivity index (χ1n) is 4.80. The van der Waals surface area contributed by atoms with Gasteiger partial charge in [0, 0.05) is 12.7 Å². The minimum Gasteiger partial charge on any atom is -0.384 e. The van der Waals surface area contributed by atoms with Gasteiger partial charge in [0.2, 0.25) is 5.95 Å². The second-order valence-corrected chi connectivity index (χ2v) is 4.54. The minimum atomic E-state index is 0.327. The predicted molar refractivity (Wildman–Crippen MR) is 59.0 cm³/mol. The molecule has 1 rings (SSSR count). The van der Waals surface area contributed by atoms with E-state index in [2.05, 4.69) is 36.1 Å². The fraction of sp³-hybridized carbons (Fsp3) is 0.600. The monoisotopic (exact) mass is 194 g/mol. The Kier molecular flexibility index (Phi) is 3.28. The van der Waals surface area contributed by atoms with Gasteiger partial charge in [-0.15, -0.1) is 0 Å². The van der Waals surface area contributed by atoms with Crippen LogP contribution in [0.3, 0.4) is 0 Å². The molecule has 0 aliphatic rings. The molecule has 0 aliphatic heterocycles. The van der Waals surface area contributed by atoms with Gasteiger partial charge in [-0.3, -0.25) is 0 Å². The molecule has 0 fully saturated rings. The zero-order valence-electron chi connectivity index (χ0n) is 9.04. The number of nitrogen functional groups attached to an aromatic ring is 1. The quantitative estimate of drug-likeness (QED) is 0.771. The number of aromatic nitrogens is 2. The molecule has 0 aliphatic carbocycles. The van der Waals surface area contributed by atoms with Crippen LogP contribution in [0, 0.1) is 5.41 Å². The summed E-state index contributed by atoms with van der Waals surface area (Å²) in [5, 5.41) is 3.14. The maximum absolute atomic E-state index is 5.53. The van der Waals surface area contributed by atoms with Crippen LogP contribution in [0.15, 0.2) is 12.3 Å². The summed E-state index contributed by atoms with van der Waals surface area (Å²) in [4.78, 5) is 8.11. The normalized spacial score (nSPS) is 11.4. The van der Waals surface area contributed by atoms with Crippen molar-refractivity contribution in [2.24, 2.45) is 5.41 Å². The summed E-state index contributed by atoms with van der Waals surface area (Å²) in [5.41, 5.74) is 5.85. The summed E-state index contributed by atoms with van der Waals surface area (Å²) in [7, 11) is 0. The Morgan fingerprint density at radius 3 is 2.71 bits per heavy atom. The number of nitrogens with one attached hydrogen (secondary N) is 1. The lowest BCUT2D eigenvalue weighted by molar-refractivity contribution is 0.389. The molecule has 0 radical (unpaired) electrons. The number of anilines is 2. The lowest BCUT2D eigenvalue weighted by Crippen LogP contribution is -2.14. The molecule has 0 saturated carbocycles. The number of hydrogen-bond acceptors (Lipinski definition) is 4. The fourth-order valence-corrected chi connectivity index (χ4v) is 1.01. The minimum absolute atomic E-state index is 0.327. The third-order valence-corrected chi connectivity index (χ3v) is 1.84. The van der Waals surface area contributed by atoms with Gasteiger partial charge in [-0.1, -0.05) is 20.8 Å². The molecular weight excluding hydrogens is 176 g/mol. The van der Waals surface area contributed by atoms with Crippen LogP contribution in [0.5, 0.6) is 0 Å². The zero-order chi connectivity index (χ0) is 10.6. The molecule has 0 spiro atoms. The van der Waals surface area contributed by atoms with Crippen molar-refractivity contribution in [3.05, 3.63) is 12.3 Å². The summed E-state index contributed by atoms with van der Waals surface area (Å²) < 4.78 is 0. The van der Waals surface area contributed by atoms with Crippen LogP contribution < -0.4 is 11.1 Å². The first-order chi connectivity index (χ1) is 6.47. The van der Waals surface area contributed by atoms with Crippen LogP contribution >= 0.6 is 0 Å². The maximum atomic E-state index is 5.53. The topological polar surface area (TPSA) is 63.8 Å². The van der Waals surface area contributed by atoms with E-state index in [0.29, 0.717) is 17.2 Å². The van der Waals surface area contributed by atoms with Crippen LogP contribution in [0.4, 0.5) is 11.8 Å². The average molecular weight is 194 g/mol. The third kappa shape index (κ3) is 4.07. The molecule has 3 N–H and O–H groups in total. The van der Waals surface area contributed by atoms with Gasteiger partial charge in [0.25, 0.3) is 0 Å². The molecular formula is C10H18N4. The molecule has 14 heavy (non-hydrogen) atoms. The van der Waals surface area contributed by atoms with Crippen molar-refractivity contribution in [3.63, 3.8) is 0 Å². The molecule has 1 aromatic rings. The summed E-state index contributed by atoms with van der Waals surface area (Å²) in [6.07, 6.45) is 2.73. The van der Waals surface area contributed by atoms with E-state index in [-0.39, 0.29) is 0 Å². The molecule has 0 amide bonds. The van der Waals surface area contributed by atoms with E-state index < -0.39 is 0 Å². The van der Waals surface area contributed by atoms with Crippen LogP contribution in [-0.4, -0.2) is 16.5 Å². The molecule has 0 bridgehead atoms. The lowest BCUT2D eigenvalue weighted by Gasteiger charge is -2.17. The number of nitrogens with two attached hydrogens (primary N) is 1. The summed E-state index contributed by atoms with van der Waals surface area (Å²) in [5.74, 6) is 1.10. The van der Waals surface area contributed by atoms with E-state index in [1.54, 1.807) is 12.3 Å². The summed E-state index contributed by atoms with van der Waals surface area (Å²) in [6, 6.07) is 1.68. The highest BCUT2D eigenvalue weighted by molar-refractivity contribution is 5.34. The Bertz CT molecular complexity index is 290. The molecule has 4 nitrogen and oxygen atoms in total. The van der Waals surface area contributed by atoms with Gasteiger partial charge in [0.05, 0.1) is 0 Å². The fourth-order valence-electron chi connectivity index (χ4n) is 1.01. The van der Waals surface area contributed by atoms with Crippen molar-refractivity contribution in [2.45, 2.75) is 27.2 Å². The predicted octanol–water partition coefficient (Wildman–Crippen LogP) is 1.91. The van der Waals surface area contributed by atoms with Crippen molar-refractivity contribution in [1.29, 1.82) is 0 Å². The molecule has 0 unspecified atom stereocenters. The number of nitrogens with zero attached hydrogens (tertiary/aromatic N) is 2. The Labute approximate surface area is 85.0 Å². The van der Waals surface area contributed by atoms with Gasteiger partial charge >= 0.3 is 0 Å². The Morgan fingerprint density at radius 2 is 2.14 bits per heavy atom. The highest BCUT2D eigenvalue weighted by Crippen LogP contribution is 2.17. The van der Waals surface area contributed by atoms with Crippen LogP contribution in [0.1, 0.15) is 27.2 Å². The third-order valence-electron chi connectivity index (χ3n) is 1.84. The average Bonchev–Trinajstić information content (AvgIpc) is 2.01. The molecule has 0 saturated heterocycles. The Hall–Kier alpha value is -1.32. The largest absolute Gasteiger partial charge is 0.384 e. The zero-order valence-corrected chi connectivity index (χ0v) is 9.04. The van der Waals surface area contributed by atoms with Gasteiger partial charge in [0.1, 0.15) is 5.82 Å². The number of rotatable bonds is 3. The smallest absolute Gasteiger partial charge is 0.224 e. The van der Waals surface area contributed by atoms with E-state index in [1.807, 2.05) is 0 Å². The number of hydrogen-bond donors (Lipinski definition) is 2. The molecule has 1 aromatic heterocycles. The second kappa shape index (κ2) is 4.26. The lowest BCUT2D eigenvalue weighted by atomic mass is 9.92. The van der Waals surface area contributed by atoms with E-state index in [1.165, 1.54) is 0 Å². The second-order valence-electron chi connectivity index (χ2n) is 4.54. The van der Waals surface area contributed by atoms with Gasteiger partial charge in [-0.2, -0.15) is 4.98 Å². The molecule has 1 heterocycles. The van der Waals surface area contributed by atoms with E-state index >= 15 is 0 Å². The van der Waals surface area contributed by atoms with Gasteiger partial charge < -0.3 is 11.1 Å². The van der Waals surface area contributed by atoms with Crippen molar-refractivity contribution in [2.75, 3.05) is 17.6 Å². The Morgan fingerprint density at radius 1 is 1.43 bits per heavy atom. The van der Waals surface area contributed by atoms with E-state index in [0.717, 1.165) is 13.0 Å². The Balaban J connectivity index is 2.39. The van der Waals surface area contributed by atoms with Crippen molar-refractivity contribution >= 4 is 11.8 Å². The van der Waals surface area contributed by atoms with Gasteiger partial charge in [0.15, 0.2) is 0 Å². The summed E-state index contributed by atoms with van der Waals surface area (Å²) in [6.45, 7) is 7.48. The highest BCUT2D eigenvalue weighted by Gasteiger charge is 2.09. The van der Waals surface area contributed by atoms with Crippen molar-refractivity contribution in [1.82, 2.24) is 9.97 Å². The van der Waals surface area contributed by atoms with E-state index in [9.17, 15) is 0 Å². The van der Waals surface area contributed by atoms with Crippen LogP contribution in [-0.2, 0) is 0 Å². The first-order valence-corrected chi connectivity index (χ1v) is 4.80. The standard InChI is InChI=1S/C10H18N4/c1-10(2,3)5-7-13-9-12-6-4-8(11)14-9/h4,6H,5,7H2,1-3H3,(H3,11,12,13,14). The molecule has 4 heteroatoms. The van der Waals surface area contributed by atoms with Crippen LogP contribution in [0.25, 0.3) is 0 Å². The molecule has 78 valence electrons. The maximum Gasteiger partial charge on any atom is 0.224 e. The van der Waals surface area contributed by atoms with Gasteiger partial charge in [-0.25, -0.2) is 4.98 Å². The molecule has 0 atom stereocenters. The summed E-state index contributed by atoms with van der Waals surface area (Å²) >= 11 is 0. The van der Waals surface area contributed by atoms with Crippen molar-refractivity contribution < 1.29 is 0 Å². The molecule has 0 aromatic carbocycles. The SMILES string of the molecule is CC(C)(C)CCNc1nccc(N)n1. The first kappa shape index (κ1) is 10.8. The van der Waals surface area contributed by atoms with Crippen molar-refractivity contribution in [3.8, 4) is 0 Å². The highest BCUT2D eigenvalue weighted by atomic mass is 15.1. The van der Waals surface area contributed by atoms with Crippen LogP contribution in [0.2, 0.25) is 0 Å².